The van der Waals surface area contributed by atoms with Gasteiger partial charge < -0.3 is 28.5 Å². The average molecular weight is 1050 g/mol. The largest absolute Gasteiger partial charge is 0.756 e. The third-order valence-electron chi connectivity index (χ3n) is 14.1. The summed E-state index contributed by atoms with van der Waals surface area (Å²) in [5.41, 5.74) is 0. The first kappa shape index (κ1) is 71.2. The molecule has 0 bridgehead atoms. The Bertz CT molecular complexity index is 1350. The fraction of sp³-hybridized carbons (Fsp3) is 0.873. The summed E-state index contributed by atoms with van der Waals surface area (Å²) in [6, 6.07) is -0.885. The number of hydrogen-bond donors (Lipinski definition) is 1. The van der Waals surface area contributed by atoms with Gasteiger partial charge in [0.25, 0.3) is 7.82 Å². The van der Waals surface area contributed by atoms with Gasteiger partial charge in [-0.2, -0.15) is 0 Å². The number of nitrogens with zero attached hydrogens (tertiary/aromatic N) is 1. The first-order valence-corrected chi connectivity index (χ1v) is 32.8. The average Bonchev–Trinajstić information content (AvgIpc) is 3.35. The van der Waals surface area contributed by atoms with Gasteiger partial charge in [0, 0.05) is 12.8 Å². The van der Waals surface area contributed by atoms with Crippen LogP contribution in [-0.4, -0.2) is 69.4 Å². The van der Waals surface area contributed by atoms with Crippen molar-refractivity contribution in [3.8, 4) is 0 Å². The minimum atomic E-state index is -4.69. The van der Waals surface area contributed by atoms with Crippen molar-refractivity contribution in [1.82, 2.24) is 5.32 Å². The molecular weight excluding hydrogens is 928 g/mol. The van der Waals surface area contributed by atoms with Crippen molar-refractivity contribution < 1.29 is 37.3 Å². The molecule has 9 nitrogen and oxygen atoms in total. The normalized spacial score (nSPS) is 13.9. The number of hydrogen-bond acceptors (Lipinski definition) is 7. The van der Waals surface area contributed by atoms with Crippen molar-refractivity contribution in [2.75, 3.05) is 40.9 Å². The summed E-state index contributed by atoms with van der Waals surface area (Å²) >= 11 is 0. The van der Waals surface area contributed by atoms with Gasteiger partial charge in [-0.3, -0.25) is 14.2 Å². The molecule has 0 heterocycles. The van der Waals surface area contributed by atoms with E-state index < -0.39 is 20.0 Å². The number of unbranched alkanes of at least 4 members (excludes halogenated alkanes) is 37. The second-order valence-corrected chi connectivity index (χ2v) is 24.0. The second-order valence-electron chi connectivity index (χ2n) is 22.6. The Hall–Kier alpha value is -1.77. The van der Waals surface area contributed by atoms with E-state index in [0.29, 0.717) is 17.4 Å². The number of phosphoric ester groups is 1. The molecule has 0 saturated heterocycles. The molecule has 0 radical (unpaired) electrons. The molecule has 0 spiro atoms. The van der Waals surface area contributed by atoms with E-state index >= 15 is 0 Å². The molecule has 0 rings (SSSR count). The molecule has 0 aliphatic heterocycles. The number of likely N-dealkylation sites (N-methyl/N-ethyl adjacent to an activating group) is 1. The van der Waals surface area contributed by atoms with Gasteiger partial charge in [-0.05, 0) is 63.9 Å². The predicted octanol–water partition coefficient (Wildman–Crippen LogP) is 18.5. The number of amides is 1. The quantitative estimate of drug-likeness (QED) is 0.0212. The fourth-order valence-electron chi connectivity index (χ4n) is 9.20. The maximum Gasteiger partial charge on any atom is 0.306 e. The van der Waals surface area contributed by atoms with Crippen LogP contribution in [0.4, 0.5) is 0 Å². The first-order valence-electron chi connectivity index (χ1n) is 31.3. The number of ether oxygens (including phenoxy) is 1. The number of phosphoric acid groups is 1. The Balaban J connectivity index is 5.21. The maximum absolute atomic E-state index is 13.5. The molecule has 3 unspecified atom stereocenters. The highest BCUT2D eigenvalue weighted by atomic mass is 31.2. The molecule has 0 aliphatic carbocycles. The van der Waals surface area contributed by atoms with Crippen molar-refractivity contribution in [3.63, 3.8) is 0 Å². The minimum Gasteiger partial charge on any atom is -0.756 e. The third kappa shape index (κ3) is 54.8. The second kappa shape index (κ2) is 53.6. The molecule has 3 atom stereocenters. The van der Waals surface area contributed by atoms with Crippen LogP contribution in [0.1, 0.15) is 303 Å². The van der Waals surface area contributed by atoms with Crippen LogP contribution >= 0.6 is 7.82 Å². The van der Waals surface area contributed by atoms with Crippen molar-refractivity contribution >= 4 is 19.7 Å². The summed E-state index contributed by atoms with van der Waals surface area (Å²) in [7, 11) is 1.20. The summed E-state index contributed by atoms with van der Waals surface area (Å²) in [5.74, 6) is -0.530. The summed E-state index contributed by atoms with van der Waals surface area (Å²) in [4.78, 5) is 40.0. The van der Waals surface area contributed by atoms with Crippen LogP contribution in [0.5, 0.6) is 0 Å². The number of nitrogens with one attached hydrogen (secondary N) is 1. The molecule has 0 aromatic heterocycles. The number of quaternary nitrogens is 1. The number of allylic oxidation sites excluding steroid dienone is 5. The van der Waals surface area contributed by atoms with Gasteiger partial charge >= 0.3 is 5.97 Å². The van der Waals surface area contributed by atoms with E-state index in [4.69, 9.17) is 13.8 Å². The molecule has 1 amide bonds. The molecule has 1 N–H and O–H groups in total. The van der Waals surface area contributed by atoms with E-state index in [2.05, 4.69) is 50.4 Å². The van der Waals surface area contributed by atoms with E-state index in [1.54, 1.807) is 0 Å². The lowest BCUT2D eigenvalue weighted by atomic mass is 10.0. The highest BCUT2D eigenvalue weighted by Gasteiger charge is 2.27. The Morgan fingerprint density at radius 3 is 1.26 bits per heavy atom. The molecule has 430 valence electrons. The van der Waals surface area contributed by atoms with Gasteiger partial charge in [0.15, 0.2) is 0 Å². The molecule has 0 fully saturated rings. The van der Waals surface area contributed by atoms with Crippen LogP contribution in [0.2, 0.25) is 0 Å². The highest BCUT2D eigenvalue weighted by Crippen LogP contribution is 2.38. The van der Waals surface area contributed by atoms with Gasteiger partial charge in [-0.25, -0.2) is 0 Å². The van der Waals surface area contributed by atoms with Crippen LogP contribution in [0.25, 0.3) is 0 Å². The monoisotopic (exact) mass is 1050 g/mol. The zero-order chi connectivity index (χ0) is 53.6. The predicted molar refractivity (Wildman–Crippen MR) is 312 cm³/mol. The Morgan fingerprint density at radius 1 is 0.479 bits per heavy atom. The molecule has 73 heavy (non-hydrogen) atoms. The molecule has 10 heteroatoms. The molecule has 0 aromatic carbocycles. The number of rotatable bonds is 57. The fourth-order valence-corrected chi connectivity index (χ4v) is 9.92. The summed E-state index contributed by atoms with van der Waals surface area (Å²) in [5, 5.41) is 3.03. The summed E-state index contributed by atoms with van der Waals surface area (Å²) < 4.78 is 30.3. The van der Waals surface area contributed by atoms with E-state index in [1.165, 1.54) is 205 Å². The molecule has 0 aliphatic rings. The number of carbonyl (C=O) groups excluding carboxylic acids is 2. The Morgan fingerprint density at radius 2 is 0.836 bits per heavy atom. The number of carbonyl (C=O) groups is 2. The number of esters is 1. The van der Waals surface area contributed by atoms with Crippen LogP contribution in [0.3, 0.4) is 0 Å². The highest BCUT2D eigenvalue weighted by molar-refractivity contribution is 7.45. The molecular formula is C63H121N2O7P. The lowest BCUT2D eigenvalue weighted by molar-refractivity contribution is -0.870. The van der Waals surface area contributed by atoms with Crippen LogP contribution in [0, 0.1) is 0 Å². The van der Waals surface area contributed by atoms with Crippen molar-refractivity contribution in [2.45, 2.75) is 315 Å². The van der Waals surface area contributed by atoms with E-state index in [9.17, 15) is 19.0 Å². The lowest BCUT2D eigenvalue weighted by Crippen LogP contribution is -2.47. The third-order valence-corrected chi connectivity index (χ3v) is 15.0. The first-order chi connectivity index (χ1) is 35.4. The Kier molecular flexibility index (Phi) is 52.3. The van der Waals surface area contributed by atoms with E-state index in [0.717, 1.165) is 64.2 Å². The minimum absolute atomic E-state index is 0.0202. The smallest absolute Gasteiger partial charge is 0.306 e. The van der Waals surface area contributed by atoms with Crippen molar-refractivity contribution in [1.29, 1.82) is 0 Å². The van der Waals surface area contributed by atoms with E-state index in [-0.39, 0.29) is 31.5 Å². The van der Waals surface area contributed by atoms with Crippen LogP contribution in [0.15, 0.2) is 36.5 Å². The van der Waals surface area contributed by atoms with Gasteiger partial charge in [-0.15, -0.1) is 0 Å². The molecule has 0 aromatic rings. The van der Waals surface area contributed by atoms with Crippen LogP contribution < -0.4 is 10.2 Å². The topological polar surface area (TPSA) is 114 Å². The zero-order valence-electron chi connectivity index (χ0n) is 49.1. The Labute approximate surface area is 453 Å². The SMILES string of the molecule is CCCCC/C=C\C/C=C\CCCCCCCCCCCCCC(=O)NC(COP(=O)([O-])OCC[N+](C)(C)C)C(/C=C\CCCCCCCCCCCCC)OC(=O)CCCCCCCCCCCCCCC. The van der Waals surface area contributed by atoms with E-state index in [1.807, 2.05) is 33.3 Å². The maximum atomic E-state index is 13.5. The molecule has 0 saturated carbocycles. The van der Waals surface area contributed by atoms with Crippen LogP contribution in [-0.2, 0) is 27.9 Å². The van der Waals surface area contributed by atoms with Gasteiger partial charge in [-0.1, -0.05) is 263 Å². The standard InChI is InChI=1S/C63H121N2O7P/c1-7-10-13-16-19-22-25-28-29-30-31-32-33-34-35-38-40-43-46-49-52-55-62(66)64-60(59-71-73(68,69)70-58-57-65(4,5)6)61(54-51-48-45-42-39-36-26-23-20-17-14-11-8-2)72-63(67)56-53-50-47-44-41-37-27-24-21-18-15-12-9-3/h19,22,28-29,51,54,60-61H,7-18,20-21,23-27,30-50,52-53,55-59H2,1-6H3,(H-,64,66,68,69)/b22-19-,29-28-,54-51-. The van der Waals surface area contributed by atoms with Crippen molar-refractivity contribution in [2.24, 2.45) is 0 Å². The van der Waals surface area contributed by atoms with Gasteiger partial charge in [0.05, 0.1) is 33.8 Å². The van der Waals surface area contributed by atoms with Gasteiger partial charge in [0.1, 0.15) is 19.3 Å². The van der Waals surface area contributed by atoms with Crippen molar-refractivity contribution in [3.05, 3.63) is 36.5 Å². The van der Waals surface area contributed by atoms with Gasteiger partial charge in [0.2, 0.25) is 5.91 Å². The summed E-state index contributed by atoms with van der Waals surface area (Å²) in [6.45, 7) is 6.85. The lowest BCUT2D eigenvalue weighted by Gasteiger charge is -2.30. The summed E-state index contributed by atoms with van der Waals surface area (Å²) in [6.07, 6.45) is 63.9. The zero-order valence-corrected chi connectivity index (χ0v) is 50.0.